The maximum absolute atomic E-state index is 12.8. The zero-order valence-electron chi connectivity index (χ0n) is 17.9. The molecular weight excluding hydrogens is 491 g/mol. The van der Waals surface area contributed by atoms with Gasteiger partial charge in [-0.2, -0.15) is 0 Å². The van der Waals surface area contributed by atoms with Gasteiger partial charge in [0.1, 0.15) is 11.9 Å². The number of fused-ring (bicyclic) bond motifs is 1. The molecule has 1 amide bonds. The van der Waals surface area contributed by atoms with Crippen molar-refractivity contribution < 1.29 is 9.53 Å². The molecule has 0 spiro atoms. The van der Waals surface area contributed by atoms with Gasteiger partial charge in [0.15, 0.2) is 5.96 Å². The van der Waals surface area contributed by atoms with E-state index in [1.54, 1.807) is 0 Å². The molecule has 0 bridgehead atoms. The largest absolute Gasteiger partial charge is 0.488 e. The summed E-state index contributed by atoms with van der Waals surface area (Å²) in [4.78, 5) is 19.6. The lowest BCUT2D eigenvalue weighted by molar-refractivity contribution is -0.135. The minimum Gasteiger partial charge on any atom is -0.488 e. The molecule has 2 N–H and O–H groups in total. The van der Waals surface area contributed by atoms with Gasteiger partial charge in [0.05, 0.1) is 6.54 Å². The first-order chi connectivity index (χ1) is 14.2. The van der Waals surface area contributed by atoms with Crippen molar-refractivity contribution >= 4 is 35.8 Å². The van der Waals surface area contributed by atoms with Gasteiger partial charge < -0.3 is 20.3 Å². The molecule has 1 saturated carbocycles. The van der Waals surface area contributed by atoms with Gasteiger partial charge in [-0.15, -0.1) is 24.0 Å². The topological polar surface area (TPSA) is 66.0 Å². The number of aliphatic imine (C=N–C) groups is 1. The second kappa shape index (κ2) is 11.2. The minimum atomic E-state index is 0. The lowest BCUT2D eigenvalue weighted by Gasteiger charge is -2.26. The Balaban J connectivity index is 0.00000256. The van der Waals surface area contributed by atoms with Crippen LogP contribution in [-0.2, 0) is 11.2 Å². The van der Waals surface area contributed by atoms with E-state index in [4.69, 9.17) is 9.73 Å². The van der Waals surface area contributed by atoms with E-state index in [2.05, 4.69) is 34.6 Å². The summed E-state index contributed by atoms with van der Waals surface area (Å²) >= 11 is 0. The Kier molecular flexibility index (Phi) is 8.65. The summed E-state index contributed by atoms with van der Waals surface area (Å²) in [6, 6.07) is 8.48. The molecule has 3 aliphatic rings. The highest BCUT2D eigenvalue weighted by Gasteiger charge is 2.32. The molecule has 166 valence electrons. The van der Waals surface area contributed by atoms with Crippen LogP contribution in [0.1, 0.15) is 51.0 Å². The maximum Gasteiger partial charge on any atom is 0.225 e. The number of hydrogen-bond acceptors (Lipinski definition) is 3. The van der Waals surface area contributed by atoms with E-state index in [0.29, 0.717) is 12.5 Å². The molecule has 2 fully saturated rings. The van der Waals surface area contributed by atoms with Gasteiger partial charge in [-0.05, 0) is 37.8 Å². The Morgan fingerprint density at radius 2 is 2.00 bits per heavy atom. The Morgan fingerprint density at radius 1 is 1.20 bits per heavy atom. The van der Waals surface area contributed by atoms with E-state index in [1.807, 2.05) is 12.1 Å². The zero-order valence-corrected chi connectivity index (χ0v) is 20.3. The fraction of sp³-hybridized carbons (Fsp3) is 0.652. The van der Waals surface area contributed by atoms with Crippen molar-refractivity contribution in [2.75, 3.05) is 26.2 Å². The highest BCUT2D eigenvalue weighted by Crippen LogP contribution is 2.28. The second-order valence-electron chi connectivity index (χ2n) is 8.52. The summed E-state index contributed by atoms with van der Waals surface area (Å²) in [5.74, 6) is 2.43. The molecule has 1 saturated heterocycles. The maximum atomic E-state index is 12.8. The Morgan fingerprint density at radius 3 is 2.77 bits per heavy atom. The molecule has 0 aromatic heterocycles. The number of benzene rings is 1. The van der Waals surface area contributed by atoms with Crippen LogP contribution in [0.2, 0.25) is 0 Å². The highest BCUT2D eigenvalue weighted by atomic mass is 127. The third kappa shape index (κ3) is 5.80. The molecule has 30 heavy (non-hydrogen) atoms. The number of para-hydroxylation sites is 1. The first-order valence-corrected chi connectivity index (χ1v) is 11.3. The van der Waals surface area contributed by atoms with Gasteiger partial charge in [0.25, 0.3) is 0 Å². The molecule has 0 radical (unpaired) electrons. The lowest BCUT2D eigenvalue weighted by Crippen LogP contribution is -2.46. The van der Waals surface area contributed by atoms with Crippen LogP contribution in [0.3, 0.4) is 0 Å². The Labute approximate surface area is 197 Å². The molecule has 2 aliphatic heterocycles. The quantitative estimate of drug-likeness (QED) is 0.351. The van der Waals surface area contributed by atoms with Crippen LogP contribution in [-0.4, -0.2) is 55.1 Å². The molecule has 6 nitrogen and oxygen atoms in total. The van der Waals surface area contributed by atoms with Crippen molar-refractivity contribution in [1.29, 1.82) is 0 Å². The number of ether oxygens (including phenoxy) is 1. The number of likely N-dealkylation sites (tertiary alicyclic amines) is 1. The Hall–Kier alpha value is -1.51. The van der Waals surface area contributed by atoms with E-state index >= 15 is 0 Å². The molecule has 7 heteroatoms. The summed E-state index contributed by atoms with van der Waals surface area (Å²) in [5.41, 5.74) is 1.26. The van der Waals surface area contributed by atoms with Crippen LogP contribution in [0.5, 0.6) is 5.75 Å². The fourth-order valence-electron chi connectivity index (χ4n) is 4.75. The number of hydrogen-bond donors (Lipinski definition) is 2. The number of nitrogens with one attached hydrogen (secondary N) is 2. The average molecular weight is 526 g/mol. The van der Waals surface area contributed by atoms with Crippen LogP contribution in [0.4, 0.5) is 0 Å². The highest BCUT2D eigenvalue weighted by molar-refractivity contribution is 14.0. The third-order valence-corrected chi connectivity index (χ3v) is 6.31. The van der Waals surface area contributed by atoms with E-state index in [9.17, 15) is 4.79 Å². The number of halogens is 1. The van der Waals surface area contributed by atoms with Gasteiger partial charge in [-0.1, -0.05) is 37.5 Å². The van der Waals surface area contributed by atoms with Crippen molar-refractivity contribution in [3.8, 4) is 5.75 Å². The van der Waals surface area contributed by atoms with Crippen molar-refractivity contribution in [3.63, 3.8) is 0 Å². The molecule has 1 aromatic carbocycles. The molecular formula is C23H35IN4O2. The minimum absolute atomic E-state index is 0. The summed E-state index contributed by atoms with van der Waals surface area (Å²) < 4.78 is 6.01. The number of carbonyl (C=O) groups is 1. The number of carbonyl (C=O) groups excluding carboxylic acids is 1. The molecule has 2 atom stereocenters. The molecule has 4 rings (SSSR count). The van der Waals surface area contributed by atoms with Crippen LogP contribution in [0, 0.1) is 5.92 Å². The van der Waals surface area contributed by atoms with Gasteiger partial charge >= 0.3 is 0 Å². The smallest absolute Gasteiger partial charge is 0.225 e. The van der Waals surface area contributed by atoms with Crippen LogP contribution < -0.4 is 15.4 Å². The SMILES string of the molecule is CCNC(=NCC1Cc2ccccc2O1)NC1CCN(C(=O)C2CCCCC2)C1.I. The van der Waals surface area contributed by atoms with Gasteiger partial charge in [0.2, 0.25) is 5.91 Å². The second-order valence-corrected chi connectivity index (χ2v) is 8.52. The van der Waals surface area contributed by atoms with Crippen molar-refractivity contribution in [2.24, 2.45) is 10.9 Å². The van der Waals surface area contributed by atoms with E-state index in [-0.39, 0.29) is 42.0 Å². The summed E-state index contributed by atoms with van der Waals surface area (Å²) in [6.07, 6.45) is 7.82. The number of amides is 1. The van der Waals surface area contributed by atoms with Gasteiger partial charge in [-0.25, -0.2) is 4.99 Å². The standard InChI is InChI=1S/C23H34N4O2.HI/c1-2-24-23(25-15-20-14-18-10-6-7-11-21(18)29-20)26-19-12-13-27(16-19)22(28)17-8-4-3-5-9-17;/h6-7,10-11,17,19-20H,2-5,8-9,12-16H2,1H3,(H2,24,25,26);1H. The fourth-order valence-corrected chi connectivity index (χ4v) is 4.75. The first-order valence-electron chi connectivity index (χ1n) is 11.3. The molecule has 2 heterocycles. The van der Waals surface area contributed by atoms with Gasteiger partial charge in [-0.3, -0.25) is 4.79 Å². The summed E-state index contributed by atoms with van der Waals surface area (Å²) in [7, 11) is 0. The van der Waals surface area contributed by atoms with Crippen LogP contribution in [0.25, 0.3) is 0 Å². The predicted octanol–water partition coefficient (Wildman–Crippen LogP) is 3.34. The average Bonchev–Trinajstić information content (AvgIpc) is 3.39. The van der Waals surface area contributed by atoms with Gasteiger partial charge in [0, 0.05) is 38.0 Å². The van der Waals surface area contributed by atoms with E-state index in [1.165, 1.54) is 24.8 Å². The van der Waals surface area contributed by atoms with E-state index in [0.717, 1.165) is 57.0 Å². The van der Waals surface area contributed by atoms with Crippen molar-refractivity contribution in [3.05, 3.63) is 29.8 Å². The monoisotopic (exact) mass is 526 g/mol. The molecule has 2 unspecified atom stereocenters. The molecule has 1 aromatic rings. The number of nitrogens with zero attached hydrogens (tertiary/aromatic N) is 2. The number of rotatable bonds is 5. The van der Waals surface area contributed by atoms with Crippen LogP contribution in [0.15, 0.2) is 29.3 Å². The van der Waals surface area contributed by atoms with Crippen molar-refractivity contribution in [1.82, 2.24) is 15.5 Å². The zero-order chi connectivity index (χ0) is 20.1. The predicted molar refractivity (Wildman–Crippen MR) is 131 cm³/mol. The summed E-state index contributed by atoms with van der Waals surface area (Å²) in [6.45, 7) is 5.15. The third-order valence-electron chi connectivity index (χ3n) is 6.31. The Bertz CT molecular complexity index is 711. The molecule has 1 aliphatic carbocycles. The lowest BCUT2D eigenvalue weighted by atomic mass is 9.88. The van der Waals surface area contributed by atoms with Crippen molar-refractivity contribution in [2.45, 2.75) is 64.0 Å². The first kappa shape index (κ1) is 23.2. The van der Waals surface area contributed by atoms with E-state index < -0.39 is 0 Å². The normalized spacial score (nSPS) is 24.0. The summed E-state index contributed by atoms with van der Waals surface area (Å²) in [5, 5.41) is 6.88. The van der Waals surface area contributed by atoms with Crippen LogP contribution >= 0.6 is 24.0 Å². The number of guanidine groups is 1.